The molecule has 1 aliphatic carbocycles. The van der Waals surface area contributed by atoms with Crippen molar-refractivity contribution in [1.82, 2.24) is 0 Å². The van der Waals surface area contributed by atoms with Crippen LogP contribution >= 0.6 is 0 Å². The van der Waals surface area contributed by atoms with Crippen LogP contribution in [0.3, 0.4) is 0 Å². The van der Waals surface area contributed by atoms with Gasteiger partial charge in [-0.3, -0.25) is 9.59 Å². The molecule has 1 aliphatic rings. The standard InChI is InChI=1S/C16H14O2/c1-11-3-4-13(9-12(11)2)5-6-14-10-15(17)7-8-16(14)18/h3-10H,1-2H3/b6-5+. The first-order valence-electron chi connectivity index (χ1n) is 5.79. The SMILES string of the molecule is Cc1ccc(/C=C/C2=CC(=O)C=CC2=O)cc1C. The molecule has 0 atom stereocenters. The van der Waals surface area contributed by atoms with E-state index in [4.69, 9.17) is 0 Å². The molecule has 0 heterocycles. The lowest BCUT2D eigenvalue weighted by Crippen LogP contribution is -2.05. The quantitative estimate of drug-likeness (QED) is 0.742. The molecule has 0 unspecified atom stereocenters. The van der Waals surface area contributed by atoms with E-state index in [2.05, 4.69) is 13.0 Å². The highest BCUT2D eigenvalue weighted by Crippen LogP contribution is 2.13. The Morgan fingerprint density at radius 1 is 0.944 bits per heavy atom. The Kier molecular flexibility index (Phi) is 3.38. The Balaban J connectivity index is 2.23. The summed E-state index contributed by atoms with van der Waals surface area (Å²) in [5.41, 5.74) is 3.89. The normalized spacial score (nSPS) is 15.3. The van der Waals surface area contributed by atoms with Crippen molar-refractivity contribution in [3.05, 3.63) is 64.8 Å². The molecular weight excluding hydrogens is 224 g/mol. The minimum absolute atomic E-state index is 0.130. The molecule has 0 N–H and O–H groups in total. The molecule has 2 rings (SSSR count). The van der Waals surface area contributed by atoms with Gasteiger partial charge in [-0.1, -0.05) is 30.4 Å². The van der Waals surface area contributed by atoms with Gasteiger partial charge in [0, 0.05) is 5.57 Å². The van der Waals surface area contributed by atoms with Crippen molar-refractivity contribution in [2.75, 3.05) is 0 Å². The fourth-order valence-corrected chi connectivity index (χ4v) is 1.71. The third-order valence-corrected chi connectivity index (χ3v) is 2.97. The van der Waals surface area contributed by atoms with Gasteiger partial charge >= 0.3 is 0 Å². The number of benzene rings is 1. The summed E-state index contributed by atoms with van der Waals surface area (Å²) < 4.78 is 0. The highest BCUT2D eigenvalue weighted by atomic mass is 16.1. The minimum Gasteiger partial charge on any atom is -0.290 e. The second-order valence-corrected chi connectivity index (χ2v) is 4.38. The predicted octanol–water partition coefficient (Wildman–Crippen LogP) is 2.95. The number of rotatable bonds is 2. The summed E-state index contributed by atoms with van der Waals surface area (Å²) >= 11 is 0. The van der Waals surface area contributed by atoms with Crippen LogP contribution in [0.5, 0.6) is 0 Å². The van der Waals surface area contributed by atoms with Crippen molar-refractivity contribution in [1.29, 1.82) is 0 Å². The molecule has 0 amide bonds. The molecule has 0 fully saturated rings. The molecule has 0 spiro atoms. The van der Waals surface area contributed by atoms with Crippen LogP contribution in [0.25, 0.3) is 6.08 Å². The zero-order valence-corrected chi connectivity index (χ0v) is 10.4. The zero-order chi connectivity index (χ0) is 13.1. The molecule has 0 aromatic heterocycles. The van der Waals surface area contributed by atoms with E-state index in [0.717, 1.165) is 5.56 Å². The van der Waals surface area contributed by atoms with Gasteiger partial charge in [-0.25, -0.2) is 0 Å². The van der Waals surface area contributed by atoms with E-state index in [9.17, 15) is 9.59 Å². The largest absolute Gasteiger partial charge is 0.290 e. The van der Waals surface area contributed by atoms with Gasteiger partial charge in [-0.05, 0) is 48.8 Å². The third kappa shape index (κ3) is 2.72. The van der Waals surface area contributed by atoms with Crippen LogP contribution in [0.15, 0.2) is 48.1 Å². The average molecular weight is 238 g/mol. The first kappa shape index (κ1) is 12.2. The topological polar surface area (TPSA) is 34.1 Å². The van der Waals surface area contributed by atoms with Crippen molar-refractivity contribution in [2.24, 2.45) is 0 Å². The van der Waals surface area contributed by atoms with E-state index in [1.54, 1.807) is 6.08 Å². The van der Waals surface area contributed by atoms with Gasteiger partial charge in [0.15, 0.2) is 11.6 Å². The number of hydrogen-bond acceptors (Lipinski definition) is 2. The predicted molar refractivity (Wildman–Crippen MR) is 72.2 cm³/mol. The molecule has 0 saturated carbocycles. The first-order chi connectivity index (χ1) is 8.56. The zero-order valence-electron chi connectivity index (χ0n) is 10.4. The number of hydrogen-bond donors (Lipinski definition) is 0. The van der Waals surface area contributed by atoms with Gasteiger partial charge in [0.05, 0.1) is 0 Å². The van der Waals surface area contributed by atoms with Crippen LogP contribution in [-0.4, -0.2) is 11.6 Å². The Morgan fingerprint density at radius 3 is 2.44 bits per heavy atom. The molecule has 0 radical (unpaired) electrons. The highest BCUT2D eigenvalue weighted by Gasteiger charge is 2.09. The molecule has 1 aromatic rings. The fourth-order valence-electron chi connectivity index (χ4n) is 1.71. The maximum Gasteiger partial charge on any atom is 0.186 e. The van der Waals surface area contributed by atoms with E-state index in [0.29, 0.717) is 5.57 Å². The molecule has 1 aromatic carbocycles. The summed E-state index contributed by atoms with van der Waals surface area (Å²) in [4.78, 5) is 22.7. The summed E-state index contributed by atoms with van der Waals surface area (Å²) in [6, 6.07) is 6.08. The number of aryl methyl sites for hydroxylation is 2. The van der Waals surface area contributed by atoms with Gasteiger partial charge in [-0.15, -0.1) is 0 Å². The monoisotopic (exact) mass is 238 g/mol. The van der Waals surface area contributed by atoms with Crippen molar-refractivity contribution in [3.63, 3.8) is 0 Å². The second kappa shape index (κ2) is 4.96. The van der Waals surface area contributed by atoms with Gasteiger partial charge in [0.25, 0.3) is 0 Å². The lowest BCUT2D eigenvalue weighted by Gasteiger charge is -2.03. The summed E-state index contributed by atoms with van der Waals surface area (Å²) in [5.74, 6) is -0.274. The summed E-state index contributed by atoms with van der Waals surface area (Å²) in [6.07, 6.45) is 7.49. The number of carbonyl (C=O) groups is 2. The second-order valence-electron chi connectivity index (χ2n) is 4.38. The average Bonchev–Trinajstić information content (AvgIpc) is 2.34. The Morgan fingerprint density at radius 2 is 1.72 bits per heavy atom. The summed E-state index contributed by atoms with van der Waals surface area (Å²) in [6.45, 7) is 4.10. The maximum atomic E-state index is 11.5. The molecule has 18 heavy (non-hydrogen) atoms. The third-order valence-electron chi connectivity index (χ3n) is 2.97. The molecule has 0 saturated heterocycles. The van der Waals surface area contributed by atoms with E-state index in [1.165, 1.54) is 29.4 Å². The summed E-state index contributed by atoms with van der Waals surface area (Å²) in [5, 5.41) is 0. The molecule has 0 aliphatic heterocycles. The minimum atomic E-state index is -0.144. The first-order valence-corrected chi connectivity index (χ1v) is 5.79. The van der Waals surface area contributed by atoms with Crippen LogP contribution in [0.4, 0.5) is 0 Å². The van der Waals surface area contributed by atoms with Gasteiger partial charge in [-0.2, -0.15) is 0 Å². The van der Waals surface area contributed by atoms with Crippen molar-refractivity contribution < 1.29 is 9.59 Å². The van der Waals surface area contributed by atoms with Crippen LogP contribution in [-0.2, 0) is 9.59 Å². The van der Waals surface area contributed by atoms with Gasteiger partial charge in [0.2, 0.25) is 0 Å². The summed E-state index contributed by atoms with van der Waals surface area (Å²) in [7, 11) is 0. The molecule has 90 valence electrons. The lowest BCUT2D eigenvalue weighted by molar-refractivity contribution is -0.114. The van der Waals surface area contributed by atoms with E-state index >= 15 is 0 Å². The Labute approximate surface area is 106 Å². The van der Waals surface area contributed by atoms with Crippen molar-refractivity contribution >= 4 is 17.6 Å². The smallest absolute Gasteiger partial charge is 0.186 e. The lowest BCUT2D eigenvalue weighted by atomic mass is 10.0. The molecule has 2 heteroatoms. The maximum absolute atomic E-state index is 11.5. The Hall–Kier alpha value is -2.22. The fraction of sp³-hybridized carbons (Fsp3) is 0.125. The van der Waals surface area contributed by atoms with Crippen LogP contribution in [0.1, 0.15) is 16.7 Å². The van der Waals surface area contributed by atoms with Crippen LogP contribution < -0.4 is 0 Å². The number of allylic oxidation sites excluding steroid dienone is 5. The van der Waals surface area contributed by atoms with Gasteiger partial charge in [0.1, 0.15) is 0 Å². The van der Waals surface area contributed by atoms with Crippen molar-refractivity contribution in [3.8, 4) is 0 Å². The van der Waals surface area contributed by atoms with Crippen LogP contribution in [0, 0.1) is 13.8 Å². The van der Waals surface area contributed by atoms with Crippen LogP contribution in [0.2, 0.25) is 0 Å². The molecular formula is C16H14O2. The number of ketones is 2. The van der Waals surface area contributed by atoms with Gasteiger partial charge < -0.3 is 0 Å². The molecule has 0 bridgehead atoms. The van der Waals surface area contributed by atoms with E-state index in [-0.39, 0.29) is 11.6 Å². The number of carbonyl (C=O) groups excluding carboxylic acids is 2. The Bertz CT molecular complexity index is 602. The van der Waals surface area contributed by atoms with Crippen molar-refractivity contribution in [2.45, 2.75) is 13.8 Å². The van der Waals surface area contributed by atoms with E-state index < -0.39 is 0 Å². The highest BCUT2D eigenvalue weighted by molar-refractivity contribution is 6.18. The molecule has 2 nitrogen and oxygen atoms in total. The van der Waals surface area contributed by atoms with E-state index in [1.807, 2.05) is 25.1 Å².